The zero-order valence-electron chi connectivity index (χ0n) is 21.6. The topological polar surface area (TPSA) is 12.4 Å². The predicted molar refractivity (Wildman–Crippen MR) is 164 cm³/mol. The molecule has 0 saturated heterocycles. The summed E-state index contributed by atoms with van der Waals surface area (Å²) in [5.74, 6) is 0.355. The molecule has 38 heavy (non-hydrogen) atoms. The van der Waals surface area contributed by atoms with E-state index < -0.39 is 0 Å². The molecule has 6 aromatic carbocycles. The maximum atomic E-state index is 4.30. The lowest BCUT2D eigenvalue weighted by Gasteiger charge is -2.21. The van der Waals surface area contributed by atoms with E-state index >= 15 is 0 Å². The minimum Gasteiger partial charge on any atom is -0.269 e. The summed E-state index contributed by atoms with van der Waals surface area (Å²) in [6, 6.07) is 40.6. The Labute approximate surface area is 223 Å². The molecule has 1 nitrogen and oxygen atoms in total. The molecule has 0 radical (unpaired) electrons. The molecular weight excluding hydrogens is 458 g/mol. The van der Waals surface area contributed by atoms with Gasteiger partial charge in [-0.1, -0.05) is 122 Å². The monoisotopic (exact) mass is 487 g/mol. The Balaban J connectivity index is 1.56. The SMILES string of the molecule is CCc1ccc(-c2c3ccccc3c(-c3ccc(C4C=CN=CC4)c4ccccc34)c3ccccc23)cc1. The van der Waals surface area contributed by atoms with Crippen LogP contribution in [0.15, 0.2) is 126 Å². The van der Waals surface area contributed by atoms with E-state index in [1.165, 1.54) is 65.7 Å². The zero-order chi connectivity index (χ0) is 25.5. The molecule has 0 aliphatic carbocycles. The van der Waals surface area contributed by atoms with E-state index in [1.54, 1.807) is 0 Å². The Bertz CT molecular complexity index is 1810. The van der Waals surface area contributed by atoms with Crippen molar-refractivity contribution in [1.82, 2.24) is 0 Å². The van der Waals surface area contributed by atoms with E-state index in [0.29, 0.717) is 5.92 Å². The molecule has 1 aliphatic rings. The summed E-state index contributed by atoms with van der Waals surface area (Å²) in [5.41, 5.74) is 7.92. The first-order chi connectivity index (χ1) is 18.8. The molecule has 0 aromatic heterocycles. The lowest BCUT2D eigenvalue weighted by Crippen LogP contribution is -2.01. The fourth-order valence-electron chi connectivity index (χ4n) is 6.20. The Kier molecular flexibility index (Phi) is 5.63. The van der Waals surface area contributed by atoms with Crippen molar-refractivity contribution in [2.75, 3.05) is 0 Å². The van der Waals surface area contributed by atoms with Crippen LogP contribution in [0, 0.1) is 0 Å². The van der Waals surface area contributed by atoms with Crippen LogP contribution in [0.25, 0.3) is 54.6 Å². The van der Waals surface area contributed by atoms with Crippen LogP contribution in [-0.4, -0.2) is 6.21 Å². The van der Waals surface area contributed by atoms with Gasteiger partial charge in [-0.15, -0.1) is 0 Å². The van der Waals surface area contributed by atoms with Crippen molar-refractivity contribution >= 4 is 38.5 Å². The van der Waals surface area contributed by atoms with Gasteiger partial charge in [-0.3, -0.25) is 4.99 Å². The first kappa shape index (κ1) is 22.7. The lowest BCUT2D eigenvalue weighted by atomic mass is 9.82. The number of allylic oxidation sites excluding steroid dienone is 1. The normalized spacial score (nSPS) is 15.0. The van der Waals surface area contributed by atoms with Gasteiger partial charge in [0.1, 0.15) is 0 Å². The van der Waals surface area contributed by atoms with Crippen LogP contribution in [-0.2, 0) is 6.42 Å². The van der Waals surface area contributed by atoms with Gasteiger partial charge in [0.2, 0.25) is 0 Å². The van der Waals surface area contributed by atoms with E-state index in [9.17, 15) is 0 Å². The summed E-state index contributed by atoms with van der Waals surface area (Å²) in [5, 5.41) is 7.81. The molecule has 182 valence electrons. The summed E-state index contributed by atoms with van der Waals surface area (Å²) in [4.78, 5) is 4.30. The highest BCUT2D eigenvalue weighted by Gasteiger charge is 2.20. The van der Waals surface area contributed by atoms with Crippen LogP contribution in [0.2, 0.25) is 0 Å². The molecule has 0 fully saturated rings. The quantitative estimate of drug-likeness (QED) is 0.219. The van der Waals surface area contributed by atoms with E-state index in [4.69, 9.17) is 0 Å². The van der Waals surface area contributed by atoms with E-state index in [1.807, 2.05) is 12.4 Å². The van der Waals surface area contributed by atoms with Crippen LogP contribution in [0.4, 0.5) is 0 Å². The summed E-state index contributed by atoms with van der Waals surface area (Å²) in [6.45, 7) is 2.21. The van der Waals surface area contributed by atoms with Gasteiger partial charge in [0.25, 0.3) is 0 Å². The second-order valence-corrected chi connectivity index (χ2v) is 10.2. The largest absolute Gasteiger partial charge is 0.269 e. The van der Waals surface area contributed by atoms with E-state index in [-0.39, 0.29) is 0 Å². The van der Waals surface area contributed by atoms with Crippen molar-refractivity contribution < 1.29 is 0 Å². The number of aryl methyl sites for hydroxylation is 1. The molecule has 7 rings (SSSR count). The van der Waals surface area contributed by atoms with Gasteiger partial charge in [-0.25, -0.2) is 0 Å². The Morgan fingerprint density at radius 1 is 0.605 bits per heavy atom. The van der Waals surface area contributed by atoms with Crippen LogP contribution in [0.3, 0.4) is 0 Å². The number of hydrogen-bond acceptors (Lipinski definition) is 1. The molecule has 1 atom stereocenters. The van der Waals surface area contributed by atoms with Gasteiger partial charge in [0.15, 0.2) is 0 Å². The Hall–Kier alpha value is -4.49. The molecule has 0 bridgehead atoms. The number of benzene rings is 6. The van der Waals surface area contributed by atoms with E-state index in [0.717, 1.165) is 12.8 Å². The maximum absolute atomic E-state index is 4.30. The molecule has 1 heteroatoms. The van der Waals surface area contributed by atoms with Crippen LogP contribution in [0.5, 0.6) is 0 Å². The van der Waals surface area contributed by atoms with Crippen molar-refractivity contribution in [3.8, 4) is 22.3 Å². The summed E-state index contributed by atoms with van der Waals surface area (Å²) < 4.78 is 0. The number of rotatable bonds is 4. The molecule has 0 spiro atoms. The number of aliphatic imine (C=N–C) groups is 1. The van der Waals surface area contributed by atoms with Crippen molar-refractivity contribution in [3.63, 3.8) is 0 Å². The van der Waals surface area contributed by atoms with Crippen molar-refractivity contribution in [2.45, 2.75) is 25.7 Å². The molecule has 1 aliphatic heterocycles. The van der Waals surface area contributed by atoms with Crippen molar-refractivity contribution in [1.29, 1.82) is 0 Å². The predicted octanol–water partition coefficient (Wildman–Crippen LogP) is 10.1. The standard InChI is InChI=1S/C37H29N/c1-2-25-15-17-27(18-16-25)36-31-11-5-7-13-33(31)37(34-14-8-6-12-32(34)36)35-20-19-28(26-21-23-38-24-22-26)29-9-3-4-10-30(29)35/h3-21,23-24,26H,2,22H2,1H3. The number of fused-ring (bicyclic) bond motifs is 3. The summed E-state index contributed by atoms with van der Waals surface area (Å²) in [7, 11) is 0. The highest BCUT2D eigenvalue weighted by molar-refractivity contribution is 6.23. The fraction of sp³-hybridized carbons (Fsp3) is 0.108. The Morgan fingerprint density at radius 3 is 1.76 bits per heavy atom. The highest BCUT2D eigenvalue weighted by Crippen LogP contribution is 2.46. The minimum atomic E-state index is 0.355. The van der Waals surface area contributed by atoms with Gasteiger partial charge < -0.3 is 0 Å². The van der Waals surface area contributed by atoms with Crippen LogP contribution >= 0.6 is 0 Å². The first-order valence-corrected chi connectivity index (χ1v) is 13.6. The molecule has 1 unspecified atom stereocenters. The maximum Gasteiger partial charge on any atom is 0.0230 e. The average Bonchev–Trinajstić information content (AvgIpc) is 3.00. The summed E-state index contributed by atoms with van der Waals surface area (Å²) in [6.07, 6.45) is 8.18. The summed E-state index contributed by atoms with van der Waals surface area (Å²) >= 11 is 0. The highest BCUT2D eigenvalue weighted by atomic mass is 14.7. The van der Waals surface area contributed by atoms with Crippen LogP contribution in [0.1, 0.15) is 30.4 Å². The molecule has 0 amide bonds. The van der Waals surface area contributed by atoms with Gasteiger partial charge in [0.05, 0.1) is 0 Å². The van der Waals surface area contributed by atoms with Gasteiger partial charge >= 0.3 is 0 Å². The number of nitrogens with zero attached hydrogens (tertiary/aromatic N) is 1. The third-order valence-electron chi connectivity index (χ3n) is 8.08. The zero-order valence-corrected chi connectivity index (χ0v) is 21.6. The third kappa shape index (κ3) is 3.66. The molecular formula is C37H29N. The van der Waals surface area contributed by atoms with Crippen molar-refractivity contribution in [2.24, 2.45) is 4.99 Å². The van der Waals surface area contributed by atoms with Crippen molar-refractivity contribution in [3.05, 3.63) is 133 Å². The lowest BCUT2D eigenvalue weighted by molar-refractivity contribution is 0.897. The van der Waals surface area contributed by atoms with E-state index in [2.05, 4.69) is 127 Å². The van der Waals surface area contributed by atoms with Gasteiger partial charge in [0, 0.05) is 18.3 Å². The average molecular weight is 488 g/mol. The molecule has 0 N–H and O–H groups in total. The van der Waals surface area contributed by atoms with Gasteiger partial charge in [-0.2, -0.15) is 0 Å². The third-order valence-corrected chi connectivity index (χ3v) is 8.08. The first-order valence-electron chi connectivity index (χ1n) is 13.6. The minimum absolute atomic E-state index is 0.355. The van der Waals surface area contributed by atoms with Gasteiger partial charge in [-0.05, 0) is 78.5 Å². The smallest absolute Gasteiger partial charge is 0.0230 e. The molecule has 1 heterocycles. The second kappa shape index (κ2) is 9.43. The second-order valence-electron chi connectivity index (χ2n) is 10.2. The molecule has 0 saturated carbocycles. The Morgan fingerprint density at radius 2 is 1.18 bits per heavy atom. The number of hydrogen-bond donors (Lipinski definition) is 0. The fourth-order valence-corrected chi connectivity index (χ4v) is 6.20. The molecule has 6 aromatic rings. The van der Waals surface area contributed by atoms with Crippen LogP contribution < -0.4 is 0 Å².